The molecule has 2 aliphatic rings. The molecule has 1 fully saturated rings. The van der Waals surface area contributed by atoms with E-state index in [9.17, 15) is 0 Å². The zero-order chi connectivity index (χ0) is 12.4. The number of fused-ring (bicyclic) bond motifs is 1. The van der Waals surface area contributed by atoms with Gasteiger partial charge in [0.05, 0.1) is 12.7 Å². The molecule has 2 N–H and O–H groups in total. The third kappa shape index (κ3) is 2.32. The van der Waals surface area contributed by atoms with Gasteiger partial charge in [0.15, 0.2) is 0 Å². The van der Waals surface area contributed by atoms with Crippen LogP contribution < -0.4 is 5.73 Å². The summed E-state index contributed by atoms with van der Waals surface area (Å²) in [5.41, 5.74) is 8.85. The lowest BCUT2D eigenvalue weighted by Gasteiger charge is -2.35. The van der Waals surface area contributed by atoms with E-state index in [0.717, 1.165) is 13.2 Å². The van der Waals surface area contributed by atoms with E-state index in [1.807, 2.05) is 0 Å². The summed E-state index contributed by atoms with van der Waals surface area (Å²) in [6.45, 7) is 1.67. The summed E-state index contributed by atoms with van der Waals surface area (Å²) in [6, 6.07) is 8.74. The molecule has 3 unspecified atom stereocenters. The Morgan fingerprint density at radius 3 is 2.83 bits per heavy atom. The lowest BCUT2D eigenvalue weighted by molar-refractivity contribution is -0.0168. The van der Waals surface area contributed by atoms with Crippen LogP contribution in [0.5, 0.6) is 0 Å². The van der Waals surface area contributed by atoms with Gasteiger partial charge in [-0.05, 0) is 42.9 Å². The van der Waals surface area contributed by atoms with Crippen molar-refractivity contribution in [1.29, 1.82) is 0 Å². The van der Waals surface area contributed by atoms with Crippen molar-refractivity contribution in [2.45, 2.75) is 44.1 Å². The smallest absolute Gasteiger partial charge is 0.0615 e. The van der Waals surface area contributed by atoms with E-state index < -0.39 is 0 Å². The molecule has 2 aliphatic carbocycles. The fraction of sp³-hybridized carbons (Fsp3) is 0.625. The predicted octanol–water partition coefficient (Wildman–Crippen LogP) is 2.86. The van der Waals surface area contributed by atoms with E-state index in [1.165, 1.54) is 43.2 Å². The maximum absolute atomic E-state index is 6.17. The van der Waals surface area contributed by atoms with Gasteiger partial charge in [-0.1, -0.05) is 37.1 Å². The first-order chi connectivity index (χ1) is 8.88. The zero-order valence-corrected chi connectivity index (χ0v) is 11.0. The van der Waals surface area contributed by atoms with E-state index in [4.69, 9.17) is 10.5 Å². The van der Waals surface area contributed by atoms with E-state index in [2.05, 4.69) is 24.3 Å². The highest BCUT2D eigenvalue weighted by Crippen LogP contribution is 2.36. The zero-order valence-electron chi connectivity index (χ0n) is 11.0. The monoisotopic (exact) mass is 245 g/mol. The molecule has 18 heavy (non-hydrogen) atoms. The first kappa shape index (κ1) is 12.2. The Morgan fingerprint density at radius 2 is 2.00 bits per heavy atom. The van der Waals surface area contributed by atoms with Crippen molar-refractivity contribution in [1.82, 2.24) is 0 Å². The van der Waals surface area contributed by atoms with Gasteiger partial charge in [0.2, 0.25) is 0 Å². The third-order valence-corrected chi connectivity index (χ3v) is 4.61. The molecule has 0 aromatic heterocycles. The molecule has 2 heteroatoms. The summed E-state index contributed by atoms with van der Waals surface area (Å²) in [5.74, 6) is 1.22. The number of hydrogen-bond acceptors (Lipinski definition) is 2. The standard InChI is InChI=1S/C16H23NO/c17-10-13-6-2-4-8-16(13)18-11-14-9-12-5-1-3-7-15(12)14/h1,3,5,7,13-14,16H,2,4,6,8-11,17H2. The molecule has 1 saturated carbocycles. The minimum atomic E-state index is 0.413. The highest BCUT2D eigenvalue weighted by atomic mass is 16.5. The maximum atomic E-state index is 6.17. The summed E-state index contributed by atoms with van der Waals surface area (Å²) in [6.07, 6.45) is 6.70. The highest BCUT2D eigenvalue weighted by Gasteiger charge is 2.29. The average Bonchev–Trinajstić information content (AvgIpc) is 2.40. The molecule has 0 bridgehead atoms. The van der Waals surface area contributed by atoms with E-state index in [0.29, 0.717) is 17.9 Å². The van der Waals surface area contributed by atoms with Crippen LogP contribution in [0.25, 0.3) is 0 Å². The molecule has 1 aromatic rings. The van der Waals surface area contributed by atoms with Crippen molar-refractivity contribution in [2.24, 2.45) is 11.7 Å². The highest BCUT2D eigenvalue weighted by molar-refractivity contribution is 5.39. The van der Waals surface area contributed by atoms with E-state index in [1.54, 1.807) is 0 Å². The lowest BCUT2D eigenvalue weighted by Crippen LogP contribution is -2.35. The first-order valence-electron chi connectivity index (χ1n) is 7.28. The van der Waals surface area contributed by atoms with Crippen LogP contribution in [0.1, 0.15) is 42.7 Å². The van der Waals surface area contributed by atoms with Gasteiger partial charge in [-0.3, -0.25) is 0 Å². The minimum Gasteiger partial charge on any atom is -0.377 e. The van der Waals surface area contributed by atoms with Crippen molar-refractivity contribution in [3.8, 4) is 0 Å². The second kappa shape index (κ2) is 5.41. The first-order valence-corrected chi connectivity index (χ1v) is 7.28. The van der Waals surface area contributed by atoms with E-state index >= 15 is 0 Å². The van der Waals surface area contributed by atoms with Gasteiger partial charge >= 0.3 is 0 Å². The van der Waals surface area contributed by atoms with Crippen LogP contribution in [0, 0.1) is 5.92 Å². The van der Waals surface area contributed by atoms with Gasteiger partial charge in [-0.15, -0.1) is 0 Å². The molecule has 0 saturated heterocycles. The SMILES string of the molecule is NCC1CCCCC1OCC1Cc2ccccc21. The maximum Gasteiger partial charge on any atom is 0.0615 e. The summed E-state index contributed by atoms with van der Waals surface area (Å²) < 4.78 is 6.17. The molecule has 1 aromatic carbocycles. The second-order valence-corrected chi connectivity index (χ2v) is 5.75. The molecule has 0 heterocycles. The Morgan fingerprint density at radius 1 is 1.17 bits per heavy atom. The van der Waals surface area contributed by atoms with Crippen molar-refractivity contribution < 1.29 is 4.74 Å². The van der Waals surface area contributed by atoms with Gasteiger partial charge in [0.1, 0.15) is 0 Å². The number of benzene rings is 1. The van der Waals surface area contributed by atoms with E-state index in [-0.39, 0.29) is 0 Å². The second-order valence-electron chi connectivity index (χ2n) is 5.75. The van der Waals surface area contributed by atoms with Crippen LogP contribution in [0.15, 0.2) is 24.3 Å². The van der Waals surface area contributed by atoms with Crippen LogP contribution in [-0.2, 0) is 11.2 Å². The average molecular weight is 245 g/mol. The summed E-state index contributed by atoms with van der Waals surface area (Å²) in [5, 5.41) is 0. The van der Waals surface area contributed by atoms with Crippen LogP contribution in [-0.4, -0.2) is 19.3 Å². The molecule has 0 amide bonds. The normalized spacial score (nSPS) is 30.6. The number of nitrogens with two attached hydrogens (primary N) is 1. The molecule has 0 aliphatic heterocycles. The third-order valence-electron chi connectivity index (χ3n) is 4.61. The molecule has 0 radical (unpaired) electrons. The number of rotatable bonds is 4. The van der Waals surface area contributed by atoms with Crippen molar-refractivity contribution in [3.63, 3.8) is 0 Å². The number of hydrogen-bond donors (Lipinski definition) is 1. The number of ether oxygens (including phenoxy) is 1. The Hall–Kier alpha value is -0.860. The quantitative estimate of drug-likeness (QED) is 0.885. The van der Waals surface area contributed by atoms with Crippen molar-refractivity contribution in [2.75, 3.05) is 13.2 Å². The van der Waals surface area contributed by atoms with Gasteiger partial charge < -0.3 is 10.5 Å². The predicted molar refractivity (Wildman–Crippen MR) is 73.6 cm³/mol. The van der Waals surface area contributed by atoms with Gasteiger partial charge in [-0.2, -0.15) is 0 Å². The molecule has 3 atom stereocenters. The van der Waals surface area contributed by atoms with Crippen LogP contribution in [0.2, 0.25) is 0 Å². The van der Waals surface area contributed by atoms with Crippen LogP contribution in [0.3, 0.4) is 0 Å². The molecule has 2 nitrogen and oxygen atoms in total. The summed E-state index contributed by atoms with van der Waals surface area (Å²) >= 11 is 0. The minimum absolute atomic E-state index is 0.413. The largest absolute Gasteiger partial charge is 0.377 e. The Kier molecular flexibility index (Phi) is 3.67. The van der Waals surface area contributed by atoms with Crippen LogP contribution in [0.4, 0.5) is 0 Å². The van der Waals surface area contributed by atoms with Crippen LogP contribution >= 0.6 is 0 Å². The molecule has 0 spiro atoms. The summed E-state index contributed by atoms with van der Waals surface area (Å²) in [4.78, 5) is 0. The van der Waals surface area contributed by atoms with Crippen molar-refractivity contribution in [3.05, 3.63) is 35.4 Å². The van der Waals surface area contributed by atoms with Crippen molar-refractivity contribution >= 4 is 0 Å². The molecule has 98 valence electrons. The molecular weight excluding hydrogens is 222 g/mol. The fourth-order valence-electron chi connectivity index (χ4n) is 3.41. The Labute approximate surface area is 110 Å². The van der Waals surface area contributed by atoms with Gasteiger partial charge in [0.25, 0.3) is 0 Å². The van der Waals surface area contributed by atoms with Gasteiger partial charge in [-0.25, -0.2) is 0 Å². The fourth-order valence-corrected chi connectivity index (χ4v) is 3.41. The Bertz CT molecular complexity index is 404. The molecular formula is C16H23NO. The topological polar surface area (TPSA) is 35.2 Å². The summed E-state index contributed by atoms with van der Waals surface area (Å²) in [7, 11) is 0. The van der Waals surface area contributed by atoms with Gasteiger partial charge in [0, 0.05) is 5.92 Å². The Balaban J connectivity index is 1.53. The lowest BCUT2D eigenvalue weighted by atomic mass is 9.78. The molecule has 3 rings (SSSR count).